The monoisotopic (exact) mass is 465 g/mol. The van der Waals surface area contributed by atoms with Gasteiger partial charge in [-0.15, -0.1) is 0 Å². The molecule has 0 aliphatic rings. The van der Waals surface area contributed by atoms with Gasteiger partial charge in [0, 0.05) is 0 Å². The van der Waals surface area contributed by atoms with Gasteiger partial charge in [0.25, 0.3) is 0 Å². The summed E-state index contributed by atoms with van der Waals surface area (Å²) in [5, 5.41) is 12.6. The summed E-state index contributed by atoms with van der Waals surface area (Å²) in [6.07, 6.45) is 0. The van der Waals surface area contributed by atoms with Crippen LogP contribution in [-0.4, -0.2) is 28.2 Å². The van der Waals surface area contributed by atoms with Crippen molar-refractivity contribution in [2.24, 2.45) is 0 Å². The van der Waals surface area contributed by atoms with Gasteiger partial charge in [-0.3, -0.25) is 0 Å². The number of nitrogens with two attached hydrogens (primary N) is 1. The minimum absolute atomic E-state index is 0.0862. The van der Waals surface area contributed by atoms with Crippen molar-refractivity contribution in [2.45, 2.75) is 0 Å². The van der Waals surface area contributed by atoms with E-state index in [4.69, 9.17) is 27.2 Å². The number of methoxy groups -OCH3 is 1. The second-order valence-electron chi connectivity index (χ2n) is 6.41. The van der Waals surface area contributed by atoms with E-state index in [2.05, 4.69) is 101 Å². The molecule has 4 aromatic rings. The van der Waals surface area contributed by atoms with Crippen LogP contribution in [-0.2, 0) is 0 Å². The normalized spacial score (nSPS) is 10.2. The van der Waals surface area contributed by atoms with Crippen LogP contribution >= 0.6 is 19.5 Å². The molecule has 0 amide bonds. The van der Waals surface area contributed by atoms with Gasteiger partial charge >= 0.3 is 5.97 Å². The number of hydrogen-bond acceptors (Lipinski definition) is 5. The minimum atomic E-state index is -1.27. The minimum Gasteiger partial charge on any atom is -0.491 e. The molecule has 0 unspecified atom stereocenters. The lowest BCUT2D eigenvalue weighted by Crippen LogP contribution is -2.20. The number of rotatable bonds is 5. The highest BCUT2D eigenvalue weighted by molar-refractivity contribution is 7.79. The molecule has 4 rings (SSSR count). The van der Waals surface area contributed by atoms with Crippen LogP contribution in [0.1, 0.15) is 10.5 Å². The van der Waals surface area contributed by atoms with E-state index in [1.807, 2.05) is 0 Å². The van der Waals surface area contributed by atoms with Crippen LogP contribution in [0.5, 0.6) is 5.75 Å². The van der Waals surface area contributed by atoms with Gasteiger partial charge in [0.2, 0.25) is 5.28 Å². The number of carbonyl (C=O) groups is 1. The Bertz CT molecular complexity index is 1070. The number of carboxylic acids is 1. The number of ether oxygens (including phenoxy) is 1. The molecule has 3 aromatic carbocycles. The Morgan fingerprint density at radius 1 is 0.844 bits per heavy atom. The van der Waals surface area contributed by atoms with Crippen molar-refractivity contribution < 1.29 is 14.6 Å². The van der Waals surface area contributed by atoms with E-state index in [0.29, 0.717) is 0 Å². The number of carboxylic acid groups (broad SMARTS) is 1. The Morgan fingerprint density at radius 3 is 1.59 bits per heavy atom. The average molecular weight is 466 g/mol. The van der Waals surface area contributed by atoms with E-state index >= 15 is 0 Å². The van der Waals surface area contributed by atoms with Gasteiger partial charge in [-0.05, 0) is 35.4 Å². The van der Waals surface area contributed by atoms with Gasteiger partial charge in [0.1, 0.15) is 0 Å². The lowest BCUT2D eigenvalue weighted by molar-refractivity contribution is 0.0686. The predicted molar refractivity (Wildman–Crippen MR) is 130 cm³/mol. The second kappa shape index (κ2) is 11.2. The van der Waals surface area contributed by atoms with Crippen LogP contribution in [0, 0.1) is 0 Å². The molecule has 0 atom stereocenters. The van der Waals surface area contributed by atoms with Crippen molar-refractivity contribution in [1.29, 1.82) is 0 Å². The number of anilines is 1. The van der Waals surface area contributed by atoms with Crippen molar-refractivity contribution >= 4 is 47.2 Å². The predicted octanol–water partition coefficient (Wildman–Crippen LogP) is 3.86. The van der Waals surface area contributed by atoms with Crippen LogP contribution in [0.3, 0.4) is 0 Å². The van der Waals surface area contributed by atoms with Crippen LogP contribution in [0.4, 0.5) is 5.82 Å². The molecule has 0 saturated heterocycles. The summed E-state index contributed by atoms with van der Waals surface area (Å²) in [6, 6.07) is 32.3. The number of aromatic nitrogens is 2. The number of benzene rings is 3. The molecule has 0 saturated carbocycles. The van der Waals surface area contributed by atoms with Crippen molar-refractivity contribution in [1.82, 2.24) is 9.97 Å². The molecular weight excluding hydrogens is 445 g/mol. The summed E-state index contributed by atoms with van der Waals surface area (Å²) in [5.41, 5.74) is 5.00. The van der Waals surface area contributed by atoms with Crippen LogP contribution < -0.4 is 26.4 Å². The van der Waals surface area contributed by atoms with E-state index in [1.165, 1.54) is 23.0 Å². The highest BCUT2D eigenvalue weighted by atomic mass is 35.5. The summed E-state index contributed by atoms with van der Waals surface area (Å²) in [5.74, 6) is -1.45. The Morgan fingerprint density at radius 2 is 1.25 bits per heavy atom. The first-order valence-electron chi connectivity index (χ1n) is 9.57. The zero-order valence-electron chi connectivity index (χ0n) is 17.2. The fraction of sp³-hybridized carbons (Fsp3) is 0.0417. The van der Waals surface area contributed by atoms with E-state index in [9.17, 15) is 4.79 Å². The van der Waals surface area contributed by atoms with Gasteiger partial charge in [-0.25, -0.2) is 9.78 Å². The molecule has 0 fully saturated rings. The first-order valence-corrected chi connectivity index (χ1v) is 11.3. The quantitative estimate of drug-likeness (QED) is 0.343. The number of aromatic carboxylic acids is 1. The zero-order chi connectivity index (χ0) is 22.9. The molecule has 162 valence electrons. The van der Waals surface area contributed by atoms with Gasteiger partial charge in [-0.1, -0.05) is 91.0 Å². The molecule has 1 heterocycles. The summed E-state index contributed by atoms with van der Waals surface area (Å²) < 4.78 is 4.70. The number of halogens is 1. The Kier molecular flexibility index (Phi) is 8.14. The van der Waals surface area contributed by atoms with Crippen molar-refractivity contribution in [3.8, 4) is 5.75 Å². The fourth-order valence-corrected chi connectivity index (χ4v) is 5.44. The second-order valence-corrected chi connectivity index (χ2v) is 8.97. The third-order valence-electron chi connectivity index (χ3n) is 4.31. The third-order valence-corrected chi connectivity index (χ3v) is 6.93. The molecule has 32 heavy (non-hydrogen) atoms. The molecular formula is C24H21ClN3O3P. The third kappa shape index (κ3) is 5.82. The number of nitrogen functional groups attached to an aromatic ring is 1. The number of hydrogen-bond donors (Lipinski definition) is 2. The molecule has 0 spiro atoms. The molecule has 0 bridgehead atoms. The summed E-state index contributed by atoms with van der Waals surface area (Å²) in [6.45, 7) is 0. The van der Waals surface area contributed by atoms with Crippen LogP contribution in [0.15, 0.2) is 91.0 Å². The van der Waals surface area contributed by atoms with Crippen molar-refractivity contribution in [3.05, 3.63) is 102 Å². The molecule has 8 heteroatoms. The van der Waals surface area contributed by atoms with E-state index in [1.54, 1.807) is 0 Å². The van der Waals surface area contributed by atoms with Crippen LogP contribution in [0.2, 0.25) is 5.28 Å². The van der Waals surface area contributed by atoms with E-state index in [-0.39, 0.29) is 22.5 Å². The van der Waals surface area contributed by atoms with E-state index in [0.717, 1.165) is 0 Å². The fourth-order valence-electron chi connectivity index (χ4n) is 2.96. The maximum absolute atomic E-state index is 10.6. The first kappa shape index (κ1) is 23.2. The van der Waals surface area contributed by atoms with Gasteiger partial charge < -0.3 is 15.6 Å². The Hall–Kier alpha value is -3.47. The average Bonchev–Trinajstić information content (AvgIpc) is 2.81. The maximum atomic E-state index is 10.6. The Balaban J connectivity index is 0.000000195. The van der Waals surface area contributed by atoms with Gasteiger partial charge in [0.15, 0.2) is 17.3 Å². The molecule has 0 aliphatic heterocycles. The molecule has 0 radical (unpaired) electrons. The number of nitrogens with zero attached hydrogens (tertiary/aromatic N) is 2. The molecule has 1 aromatic heterocycles. The van der Waals surface area contributed by atoms with Crippen molar-refractivity contribution in [2.75, 3.05) is 12.8 Å². The van der Waals surface area contributed by atoms with Crippen molar-refractivity contribution in [3.63, 3.8) is 0 Å². The highest BCUT2D eigenvalue weighted by Gasteiger charge is 2.18. The zero-order valence-corrected chi connectivity index (χ0v) is 18.9. The van der Waals surface area contributed by atoms with Gasteiger partial charge in [-0.2, -0.15) is 4.98 Å². The highest BCUT2D eigenvalue weighted by Crippen LogP contribution is 2.32. The summed E-state index contributed by atoms with van der Waals surface area (Å²) in [4.78, 5) is 17.6. The molecule has 0 aliphatic carbocycles. The SMILES string of the molecule is COc1c(N)nc(Cl)nc1C(=O)O.c1ccc(P(c2ccccc2)c2ccccc2)cc1. The topological polar surface area (TPSA) is 98.3 Å². The summed E-state index contributed by atoms with van der Waals surface area (Å²) >= 11 is 5.40. The lowest BCUT2D eigenvalue weighted by Gasteiger charge is -2.18. The van der Waals surface area contributed by atoms with Crippen LogP contribution in [0.25, 0.3) is 0 Å². The smallest absolute Gasteiger partial charge is 0.358 e. The lowest BCUT2D eigenvalue weighted by atomic mass is 10.3. The summed E-state index contributed by atoms with van der Waals surface area (Å²) in [7, 11) is 0.827. The molecule has 3 N–H and O–H groups in total. The Labute approximate surface area is 192 Å². The largest absolute Gasteiger partial charge is 0.491 e. The first-order chi connectivity index (χ1) is 15.5. The molecule has 6 nitrogen and oxygen atoms in total. The van der Waals surface area contributed by atoms with E-state index < -0.39 is 13.9 Å². The standard InChI is InChI=1S/C18H15P.C6H6ClN3O3/c1-4-10-16(11-5-1)19(17-12-6-2-7-13-17)18-14-8-3-9-15-18;1-13-3-2(5(11)12)9-6(7)10-4(3)8/h1-15H;1H3,(H,11,12)(H2,8,9,10). The van der Waals surface area contributed by atoms with Gasteiger partial charge in [0.05, 0.1) is 7.11 Å². The maximum Gasteiger partial charge on any atom is 0.358 e.